The van der Waals surface area contributed by atoms with Gasteiger partial charge in [0.1, 0.15) is 18.2 Å². The summed E-state index contributed by atoms with van der Waals surface area (Å²) in [5.74, 6) is 2.36. The van der Waals surface area contributed by atoms with E-state index >= 15 is 0 Å². The number of likely N-dealkylation sites (N-methyl/N-ethyl adjacent to an activating group) is 1. The van der Waals surface area contributed by atoms with Gasteiger partial charge in [-0.3, -0.25) is 4.90 Å². The molecule has 1 saturated heterocycles. The van der Waals surface area contributed by atoms with E-state index in [0.717, 1.165) is 30.3 Å². The van der Waals surface area contributed by atoms with Crippen LogP contribution in [0, 0.1) is 13.8 Å². The van der Waals surface area contributed by atoms with Crippen LogP contribution in [0.4, 0.5) is 14.6 Å². The highest BCUT2D eigenvalue weighted by molar-refractivity contribution is 5.92. The number of fused-ring (bicyclic) bond motifs is 1. The van der Waals surface area contributed by atoms with Crippen LogP contribution < -0.4 is 14.8 Å². The van der Waals surface area contributed by atoms with Crippen LogP contribution in [0.25, 0.3) is 10.9 Å². The fourth-order valence-corrected chi connectivity index (χ4v) is 5.26. The number of aromatic nitrogens is 2. The molecule has 0 unspecified atom stereocenters. The number of anilines is 1. The topological polar surface area (TPSA) is 68.7 Å². The van der Waals surface area contributed by atoms with Crippen LogP contribution in [0.3, 0.4) is 0 Å². The van der Waals surface area contributed by atoms with Crippen LogP contribution in [0.15, 0.2) is 30.3 Å². The minimum Gasteiger partial charge on any atom is -0.493 e. The van der Waals surface area contributed by atoms with Crippen molar-refractivity contribution in [2.24, 2.45) is 0 Å². The molecule has 1 aromatic heterocycles. The zero-order valence-corrected chi connectivity index (χ0v) is 22.4. The SMILES string of the molecule is COC[C@]1(COc2cc3c(N[C@H](C)c4cccc(C(F)F)c4C)nc(C)nc3cc2OC)CCCN1C. The number of nitrogens with zero attached hydrogens (tertiary/aromatic N) is 3. The fraction of sp³-hybridized carbons (Fsp3) is 0.500. The smallest absolute Gasteiger partial charge is 0.264 e. The Kier molecular flexibility index (Phi) is 8.14. The zero-order chi connectivity index (χ0) is 26.7. The summed E-state index contributed by atoms with van der Waals surface area (Å²) in [6.45, 7) is 7.50. The van der Waals surface area contributed by atoms with Crippen molar-refractivity contribution in [1.29, 1.82) is 0 Å². The number of ether oxygens (including phenoxy) is 3. The molecule has 1 aliphatic heterocycles. The summed E-state index contributed by atoms with van der Waals surface area (Å²) in [5.41, 5.74) is 1.90. The molecule has 0 aliphatic carbocycles. The lowest BCUT2D eigenvalue weighted by molar-refractivity contribution is 0.0177. The number of halogens is 2. The number of alkyl halides is 2. The Bertz CT molecular complexity index is 1260. The van der Waals surface area contributed by atoms with Gasteiger partial charge in [-0.1, -0.05) is 18.2 Å². The molecule has 1 aliphatic rings. The number of hydrogen-bond acceptors (Lipinski definition) is 7. The molecule has 0 amide bonds. The van der Waals surface area contributed by atoms with Gasteiger partial charge in [-0.15, -0.1) is 0 Å². The maximum absolute atomic E-state index is 13.5. The van der Waals surface area contributed by atoms with E-state index < -0.39 is 6.43 Å². The molecule has 0 saturated carbocycles. The number of hydrogen-bond donors (Lipinski definition) is 1. The summed E-state index contributed by atoms with van der Waals surface area (Å²) in [5, 5.41) is 4.19. The molecule has 0 radical (unpaired) electrons. The summed E-state index contributed by atoms with van der Waals surface area (Å²) >= 11 is 0. The number of rotatable bonds is 10. The van der Waals surface area contributed by atoms with Gasteiger partial charge in [-0.2, -0.15) is 0 Å². The first-order valence-electron chi connectivity index (χ1n) is 12.5. The monoisotopic (exact) mass is 514 g/mol. The average molecular weight is 515 g/mol. The Labute approximate surface area is 217 Å². The quantitative estimate of drug-likeness (QED) is 0.364. The van der Waals surface area contributed by atoms with Crippen molar-refractivity contribution < 1.29 is 23.0 Å². The van der Waals surface area contributed by atoms with Gasteiger partial charge >= 0.3 is 0 Å². The van der Waals surface area contributed by atoms with Gasteiger partial charge in [-0.25, -0.2) is 18.7 Å². The van der Waals surface area contributed by atoms with E-state index in [-0.39, 0.29) is 17.1 Å². The zero-order valence-electron chi connectivity index (χ0n) is 22.4. The molecule has 9 heteroatoms. The molecule has 0 spiro atoms. The van der Waals surface area contributed by atoms with Gasteiger partial charge in [-0.05, 0) is 64.4 Å². The van der Waals surface area contributed by atoms with Crippen molar-refractivity contribution >= 4 is 16.7 Å². The standard InChI is InChI=1S/C28H36F2N4O3/c1-17-20(9-7-10-21(17)26(29)30)18(2)31-27-22-13-25(24(36-6)14-23(22)32-19(3)33-27)37-16-28(15-35-5)11-8-12-34(28)4/h7,9-10,13-14,18,26H,8,11-12,15-16H2,1-6H3,(H,31,32,33)/t18-,28+/m1/s1. The summed E-state index contributed by atoms with van der Waals surface area (Å²) < 4.78 is 44.5. The Morgan fingerprint density at radius 2 is 1.84 bits per heavy atom. The van der Waals surface area contributed by atoms with Crippen LogP contribution in [0.2, 0.25) is 0 Å². The second-order valence-corrected chi connectivity index (χ2v) is 9.84. The van der Waals surface area contributed by atoms with Crippen LogP contribution in [0.1, 0.15) is 54.7 Å². The highest BCUT2D eigenvalue weighted by atomic mass is 19.3. The number of aryl methyl sites for hydroxylation is 1. The molecule has 1 fully saturated rings. The van der Waals surface area contributed by atoms with E-state index in [4.69, 9.17) is 14.2 Å². The molecule has 2 atom stereocenters. The van der Waals surface area contributed by atoms with Crippen LogP contribution >= 0.6 is 0 Å². The van der Waals surface area contributed by atoms with Gasteiger partial charge in [0.2, 0.25) is 0 Å². The highest BCUT2D eigenvalue weighted by Gasteiger charge is 2.40. The van der Waals surface area contributed by atoms with E-state index in [2.05, 4.69) is 27.2 Å². The van der Waals surface area contributed by atoms with E-state index in [0.29, 0.717) is 47.4 Å². The molecule has 2 aromatic carbocycles. The Hall–Kier alpha value is -3.04. The largest absolute Gasteiger partial charge is 0.493 e. The summed E-state index contributed by atoms with van der Waals surface area (Å²) in [4.78, 5) is 11.5. The molecule has 4 rings (SSSR count). The molecule has 2 heterocycles. The molecular formula is C28H36F2N4O3. The molecule has 200 valence electrons. The second-order valence-electron chi connectivity index (χ2n) is 9.84. The second kappa shape index (κ2) is 11.1. The number of methoxy groups -OCH3 is 2. The van der Waals surface area contributed by atoms with E-state index in [1.165, 1.54) is 6.07 Å². The molecule has 0 bridgehead atoms. The van der Waals surface area contributed by atoms with E-state index in [1.54, 1.807) is 27.2 Å². The fourth-order valence-electron chi connectivity index (χ4n) is 5.26. The van der Waals surface area contributed by atoms with E-state index in [9.17, 15) is 8.78 Å². The van der Waals surface area contributed by atoms with Crippen molar-refractivity contribution in [2.45, 2.75) is 51.6 Å². The minimum atomic E-state index is -2.53. The first-order valence-corrected chi connectivity index (χ1v) is 12.5. The highest BCUT2D eigenvalue weighted by Crippen LogP contribution is 2.38. The van der Waals surface area contributed by atoms with Crippen molar-refractivity contribution in [3.8, 4) is 11.5 Å². The molecule has 3 aromatic rings. The maximum atomic E-state index is 13.5. The summed E-state index contributed by atoms with van der Waals surface area (Å²) in [7, 11) is 5.41. The number of likely N-dealkylation sites (tertiary alicyclic amines) is 1. The Morgan fingerprint density at radius 3 is 2.49 bits per heavy atom. The average Bonchev–Trinajstić information content (AvgIpc) is 3.22. The van der Waals surface area contributed by atoms with Gasteiger partial charge in [0, 0.05) is 24.1 Å². The summed E-state index contributed by atoms with van der Waals surface area (Å²) in [6.07, 6.45) is -0.456. The maximum Gasteiger partial charge on any atom is 0.264 e. The van der Waals surface area contributed by atoms with Crippen LogP contribution in [-0.2, 0) is 4.74 Å². The Balaban J connectivity index is 1.69. The first kappa shape index (κ1) is 27.0. The van der Waals surface area contributed by atoms with Crippen LogP contribution in [-0.4, -0.2) is 61.4 Å². The van der Waals surface area contributed by atoms with Crippen molar-refractivity contribution in [3.05, 3.63) is 52.8 Å². The van der Waals surface area contributed by atoms with Gasteiger partial charge in [0.25, 0.3) is 6.43 Å². The van der Waals surface area contributed by atoms with E-state index in [1.807, 2.05) is 32.0 Å². The molecule has 37 heavy (non-hydrogen) atoms. The third-order valence-corrected chi connectivity index (χ3v) is 7.42. The molecule has 1 N–H and O–H groups in total. The lowest BCUT2D eigenvalue weighted by atomic mass is 9.97. The predicted molar refractivity (Wildman–Crippen MR) is 141 cm³/mol. The lowest BCUT2D eigenvalue weighted by Gasteiger charge is -2.35. The third-order valence-electron chi connectivity index (χ3n) is 7.42. The van der Waals surface area contributed by atoms with Crippen molar-refractivity contribution in [3.63, 3.8) is 0 Å². The predicted octanol–water partition coefficient (Wildman–Crippen LogP) is 5.86. The molecule has 7 nitrogen and oxygen atoms in total. The number of nitrogens with one attached hydrogen (secondary N) is 1. The van der Waals surface area contributed by atoms with Gasteiger partial charge in [0.05, 0.1) is 30.8 Å². The van der Waals surface area contributed by atoms with Crippen LogP contribution in [0.5, 0.6) is 11.5 Å². The van der Waals surface area contributed by atoms with Crippen molar-refractivity contribution in [1.82, 2.24) is 14.9 Å². The summed E-state index contributed by atoms with van der Waals surface area (Å²) in [6, 6.07) is 8.46. The number of benzene rings is 2. The normalized spacial score (nSPS) is 18.9. The molecular weight excluding hydrogens is 478 g/mol. The van der Waals surface area contributed by atoms with Gasteiger partial charge < -0.3 is 19.5 Å². The van der Waals surface area contributed by atoms with Gasteiger partial charge in [0.15, 0.2) is 11.5 Å². The lowest BCUT2D eigenvalue weighted by Crippen LogP contribution is -2.50. The third kappa shape index (κ3) is 5.48. The van der Waals surface area contributed by atoms with Crippen molar-refractivity contribution in [2.75, 3.05) is 46.3 Å². The minimum absolute atomic E-state index is 0.0390. The first-order chi connectivity index (χ1) is 17.7. The Morgan fingerprint density at radius 1 is 1.08 bits per heavy atom.